The van der Waals surface area contributed by atoms with Crippen molar-refractivity contribution in [3.8, 4) is 11.5 Å². The lowest BCUT2D eigenvalue weighted by Gasteiger charge is -2.08. The third kappa shape index (κ3) is 3.82. The second kappa shape index (κ2) is 6.72. The number of aromatic hydroxyl groups is 1. The maximum Gasteiger partial charge on any atom is 0.338 e. The van der Waals surface area contributed by atoms with Crippen LogP contribution in [0.5, 0.6) is 11.5 Å². The van der Waals surface area contributed by atoms with Crippen molar-refractivity contribution in [2.45, 2.75) is 13.8 Å². The van der Waals surface area contributed by atoms with Crippen LogP contribution in [0.15, 0.2) is 65.7 Å². The summed E-state index contributed by atoms with van der Waals surface area (Å²) >= 11 is 0. The van der Waals surface area contributed by atoms with Crippen LogP contribution in [0.2, 0.25) is 0 Å². The van der Waals surface area contributed by atoms with Crippen LogP contribution in [0, 0.1) is 0 Å². The van der Waals surface area contributed by atoms with Crippen molar-refractivity contribution in [2.75, 3.05) is 0 Å². The minimum absolute atomic E-state index is 0.00389. The summed E-state index contributed by atoms with van der Waals surface area (Å²) < 4.78 is 5.07. The summed E-state index contributed by atoms with van der Waals surface area (Å²) in [7, 11) is 0. The molecule has 0 saturated heterocycles. The Morgan fingerprint density at radius 3 is 2.41 bits per heavy atom. The Hall–Kier alpha value is -2.88. The number of rotatable bonds is 4. The van der Waals surface area contributed by atoms with Gasteiger partial charge >= 0.3 is 5.97 Å². The molecule has 0 heterocycles. The molecule has 22 heavy (non-hydrogen) atoms. The Bertz CT molecular complexity index is 733. The second-order valence-corrected chi connectivity index (χ2v) is 4.88. The largest absolute Gasteiger partial charge is 0.507 e. The molecule has 0 unspecified atom stereocenters. The van der Waals surface area contributed by atoms with E-state index in [9.17, 15) is 9.90 Å². The molecule has 112 valence electrons. The molecule has 0 aliphatic heterocycles. The highest BCUT2D eigenvalue weighted by Gasteiger charge is 2.10. The number of aliphatic imine (C=N–C) groups is 1. The van der Waals surface area contributed by atoms with Gasteiger partial charge in [0.25, 0.3) is 0 Å². The van der Waals surface area contributed by atoms with E-state index in [1.807, 2.05) is 37.3 Å². The fraction of sp³-hybridized carbons (Fsp3) is 0.111. The lowest BCUT2D eigenvalue weighted by atomic mass is 10.1. The number of hydrogen-bond acceptors (Lipinski definition) is 4. The molecule has 0 spiro atoms. The van der Waals surface area contributed by atoms with Crippen LogP contribution >= 0.6 is 0 Å². The summed E-state index contributed by atoms with van der Waals surface area (Å²) in [6.07, 6.45) is 0. The van der Waals surface area contributed by atoms with Crippen molar-refractivity contribution in [3.05, 3.63) is 66.2 Å². The summed E-state index contributed by atoms with van der Waals surface area (Å²) in [5.41, 5.74) is 2.35. The normalized spacial score (nSPS) is 11.1. The molecule has 0 aliphatic carbocycles. The summed E-state index contributed by atoms with van der Waals surface area (Å²) in [6, 6.07) is 14.1. The molecule has 4 heteroatoms. The number of phenols is 1. The van der Waals surface area contributed by atoms with Gasteiger partial charge in [-0.25, -0.2) is 4.79 Å². The third-order valence-electron chi connectivity index (χ3n) is 2.97. The fourth-order valence-corrected chi connectivity index (χ4v) is 1.83. The molecule has 4 nitrogen and oxygen atoms in total. The second-order valence-electron chi connectivity index (χ2n) is 4.88. The Balaban J connectivity index is 2.24. The molecule has 2 rings (SSSR count). The van der Waals surface area contributed by atoms with Crippen LogP contribution in [-0.4, -0.2) is 16.8 Å². The SMILES string of the molecule is C=C(C)C(=O)Oc1ccc(C(C)=Nc2ccccc2)c(O)c1. The monoisotopic (exact) mass is 295 g/mol. The molecule has 2 aromatic carbocycles. The van der Waals surface area contributed by atoms with Gasteiger partial charge in [-0.3, -0.25) is 4.99 Å². The Morgan fingerprint density at radius 2 is 1.82 bits per heavy atom. The maximum atomic E-state index is 11.5. The zero-order valence-corrected chi connectivity index (χ0v) is 12.5. The van der Waals surface area contributed by atoms with E-state index in [2.05, 4.69) is 11.6 Å². The smallest absolute Gasteiger partial charge is 0.338 e. The lowest BCUT2D eigenvalue weighted by Crippen LogP contribution is -2.08. The Kier molecular flexibility index (Phi) is 4.73. The van der Waals surface area contributed by atoms with Gasteiger partial charge in [-0.05, 0) is 38.1 Å². The van der Waals surface area contributed by atoms with E-state index in [1.54, 1.807) is 19.1 Å². The molecule has 1 N–H and O–H groups in total. The molecule has 0 amide bonds. The van der Waals surface area contributed by atoms with Crippen molar-refractivity contribution in [3.63, 3.8) is 0 Å². The van der Waals surface area contributed by atoms with Crippen LogP contribution in [0.4, 0.5) is 5.69 Å². The van der Waals surface area contributed by atoms with Gasteiger partial charge in [0.1, 0.15) is 11.5 Å². The standard InChI is InChI=1S/C18H17NO3/c1-12(2)18(21)22-15-9-10-16(17(20)11-15)13(3)19-14-7-5-4-6-8-14/h4-11,20H,1H2,2-3H3. The van der Waals surface area contributed by atoms with Gasteiger partial charge in [0.2, 0.25) is 0 Å². The minimum Gasteiger partial charge on any atom is -0.507 e. The van der Waals surface area contributed by atoms with E-state index < -0.39 is 5.97 Å². The number of nitrogens with zero attached hydrogens (tertiary/aromatic N) is 1. The van der Waals surface area contributed by atoms with Crippen molar-refractivity contribution in [1.29, 1.82) is 0 Å². The van der Waals surface area contributed by atoms with E-state index in [4.69, 9.17) is 4.74 Å². The Labute approximate surface area is 129 Å². The van der Waals surface area contributed by atoms with Crippen LogP contribution in [0.25, 0.3) is 0 Å². The zero-order valence-electron chi connectivity index (χ0n) is 12.5. The van der Waals surface area contributed by atoms with Gasteiger partial charge in [-0.1, -0.05) is 24.8 Å². The molecular formula is C18H17NO3. The van der Waals surface area contributed by atoms with E-state index in [-0.39, 0.29) is 11.5 Å². The van der Waals surface area contributed by atoms with E-state index in [0.29, 0.717) is 16.8 Å². The maximum absolute atomic E-state index is 11.5. The summed E-state index contributed by atoms with van der Waals surface area (Å²) in [5, 5.41) is 10.1. The molecule has 0 atom stereocenters. The predicted octanol–water partition coefficient (Wildman–Crippen LogP) is 4.01. The molecular weight excluding hydrogens is 278 g/mol. The number of carbonyl (C=O) groups is 1. The van der Waals surface area contributed by atoms with E-state index in [1.165, 1.54) is 6.07 Å². The van der Waals surface area contributed by atoms with Gasteiger partial charge in [-0.2, -0.15) is 0 Å². The average molecular weight is 295 g/mol. The lowest BCUT2D eigenvalue weighted by molar-refractivity contribution is -0.130. The van der Waals surface area contributed by atoms with Crippen LogP contribution in [0.3, 0.4) is 0 Å². The number of phenolic OH excluding ortho intramolecular Hbond substituents is 1. The zero-order chi connectivity index (χ0) is 16.1. The molecule has 0 aromatic heterocycles. The first-order valence-electron chi connectivity index (χ1n) is 6.79. The van der Waals surface area contributed by atoms with Gasteiger partial charge < -0.3 is 9.84 Å². The Morgan fingerprint density at radius 1 is 1.14 bits per heavy atom. The molecule has 2 aromatic rings. The van der Waals surface area contributed by atoms with Gasteiger partial charge in [0, 0.05) is 22.9 Å². The number of hydrogen-bond donors (Lipinski definition) is 1. The first kappa shape index (κ1) is 15.5. The van der Waals surface area contributed by atoms with Gasteiger partial charge in [-0.15, -0.1) is 0 Å². The minimum atomic E-state index is -0.526. The first-order chi connectivity index (χ1) is 10.5. The van der Waals surface area contributed by atoms with E-state index in [0.717, 1.165) is 5.69 Å². The summed E-state index contributed by atoms with van der Waals surface area (Å²) in [5.74, 6) is -0.257. The highest BCUT2D eigenvalue weighted by molar-refractivity contribution is 6.02. The number of ether oxygens (including phenoxy) is 1. The van der Waals surface area contributed by atoms with Gasteiger partial charge in [0.05, 0.1) is 5.69 Å². The van der Waals surface area contributed by atoms with Crippen LogP contribution < -0.4 is 4.74 Å². The highest BCUT2D eigenvalue weighted by atomic mass is 16.5. The number of carbonyl (C=O) groups excluding carboxylic acids is 1. The topological polar surface area (TPSA) is 58.9 Å². The first-order valence-corrected chi connectivity index (χ1v) is 6.79. The van der Waals surface area contributed by atoms with Crippen LogP contribution in [0.1, 0.15) is 19.4 Å². The quantitative estimate of drug-likeness (QED) is 0.401. The fourth-order valence-electron chi connectivity index (χ4n) is 1.83. The van der Waals surface area contributed by atoms with Crippen molar-refractivity contribution in [2.24, 2.45) is 4.99 Å². The summed E-state index contributed by atoms with van der Waals surface area (Å²) in [4.78, 5) is 15.9. The molecule has 0 fully saturated rings. The molecule has 0 radical (unpaired) electrons. The molecule has 0 aliphatic rings. The molecule has 0 bridgehead atoms. The number of para-hydroxylation sites is 1. The predicted molar refractivity (Wildman–Crippen MR) is 86.9 cm³/mol. The average Bonchev–Trinajstić information content (AvgIpc) is 2.48. The van der Waals surface area contributed by atoms with E-state index >= 15 is 0 Å². The van der Waals surface area contributed by atoms with Crippen molar-refractivity contribution in [1.82, 2.24) is 0 Å². The van der Waals surface area contributed by atoms with Gasteiger partial charge in [0.15, 0.2) is 0 Å². The van der Waals surface area contributed by atoms with Crippen molar-refractivity contribution < 1.29 is 14.6 Å². The highest BCUT2D eigenvalue weighted by Crippen LogP contribution is 2.26. The third-order valence-corrected chi connectivity index (χ3v) is 2.97. The molecule has 0 saturated carbocycles. The van der Waals surface area contributed by atoms with Crippen LogP contribution in [-0.2, 0) is 4.79 Å². The number of benzene rings is 2. The number of esters is 1. The van der Waals surface area contributed by atoms with Crippen molar-refractivity contribution >= 4 is 17.4 Å². The summed E-state index contributed by atoms with van der Waals surface area (Å²) in [6.45, 7) is 6.88.